The highest BCUT2D eigenvalue weighted by molar-refractivity contribution is 5.99. The average Bonchev–Trinajstić information content (AvgIpc) is 3.21. The molecule has 34 heavy (non-hydrogen) atoms. The number of carbonyl (C=O) groups is 1. The van der Waals surface area contributed by atoms with Gasteiger partial charge in [0.2, 0.25) is 0 Å². The predicted molar refractivity (Wildman–Crippen MR) is 128 cm³/mol. The van der Waals surface area contributed by atoms with Crippen LogP contribution in [0.1, 0.15) is 34.8 Å². The molecule has 0 saturated heterocycles. The summed E-state index contributed by atoms with van der Waals surface area (Å²) in [6, 6.07) is 5.89. The Morgan fingerprint density at radius 1 is 1.06 bits per heavy atom. The molecule has 2 N–H and O–H groups in total. The Balaban J connectivity index is 1.76. The lowest BCUT2D eigenvalue weighted by atomic mass is 10.1. The SMILES string of the molecule is CCCn1c(N)c(C(=O)Cn2cnc3c(cnn3-c3cc(C)cc(C)c3)c2=O)c(=O)n(C)c1=O. The zero-order chi connectivity index (χ0) is 24.7. The van der Waals surface area contributed by atoms with E-state index in [1.54, 1.807) is 4.68 Å². The van der Waals surface area contributed by atoms with Crippen molar-refractivity contribution in [1.82, 2.24) is 28.5 Å². The molecule has 0 spiro atoms. The fourth-order valence-corrected chi connectivity index (χ4v) is 4.04. The Kier molecular flexibility index (Phi) is 5.78. The number of nitrogen functional groups attached to an aromatic ring is 1. The summed E-state index contributed by atoms with van der Waals surface area (Å²) in [6.45, 7) is 5.57. The summed E-state index contributed by atoms with van der Waals surface area (Å²) >= 11 is 0. The van der Waals surface area contributed by atoms with E-state index in [1.165, 1.54) is 24.1 Å². The third-order valence-electron chi connectivity index (χ3n) is 5.63. The lowest BCUT2D eigenvalue weighted by molar-refractivity contribution is 0.0968. The summed E-state index contributed by atoms with van der Waals surface area (Å²) in [5.41, 5.74) is 7.03. The molecule has 0 aliphatic rings. The van der Waals surface area contributed by atoms with E-state index in [-0.39, 0.29) is 23.3 Å². The Labute approximate surface area is 193 Å². The highest BCUT2D eigenvalue weighted by atomic mass is 16.2. The molecule has 0 unspecified atom stereocenters. The van der Waals surface area contributed by atoms with Crippen LogP contribution in [0.2, 0.25) is 0 Å². The van der Waals surface area contributed by atoms with Crippen LogP contribution in [0.3, 0.4) is 0 Å². The summed E-state index contributed by atoms with van der Waals surface area (Å²) in [6.07, 6.45) is 3.23. The van der Waals surface area contributed by atoms with Crippen LogP contribution in [-0.4, -0.2) is 34.2 Å². The van der Waals surface area contributed by atoms with Crippen molar-refractivity contribution < 1.29 is 4.79 Å². The molecule has 0 bridgehead atoms. The molecule has 176 valence electrons. The number of ketones is 1. The molecule has 11 heteroatoms. The monoisotopic (exact) mass is 463 g/mol. The van der Waals surface area contributed by atoms with Gasteiger partial charge in [-0.2, -0.15) is 5.10 Å². The molecule has 4 rings (SSSR count). The second kappa shape index (κ2) is 8.58. The van der Waals surface area contributed by atoms with Crippen molar-refractivity contribution in [2.75, 3.05) is 5.73 Å². The van der Waals surface area contributed by atoms with E-state index in [9.17, 15) is 19.2 Å². The molecule has 1 aromatic carbocycles. The first-order valence-electron chi connectivity index (χ1n) is 10.8. The first kappa shape index (κ1) is 22.9. The minimum Gasteiger partial charge on any atom is -0.384 e. The van der Waals surface area contributed by atoms with Gasteiger partial charge in [-0.1, -0.05) is 13.0 Å². The van der Waals surface area contributed by atoms with Gasteiger partial charge < -0.3 is 5.73 Å². The Bertz CT molecular complexity index is 1600. The van der Waals surface area contributed by atoms with Crippen molar-refractivity contribution in [2.24, 2.45) is 7.05 Å². The smallest absolute Gasteiger partial charge is 0.332 e. The Morgan fingerprint density at radius 3 is 2.38 bits per heavy atom. The maximum absolute atomic E-state index is 13.1. The summed E-state index contributed by atoms with van der Waals surface area (Å²) in [5, 5.41) is 4.54. The van der Waals surface area contributed by atoms with Gasteiger partial charge in [-0.3, -0.25) is 28.1 Å². The average molecular weight is 463 g/mol. The van der Waals surface area contributed by atoms with E-state index in [2.05, 4.69) is 10.1 Å². The number of Topliss-reactive ketones (excluding diaryl/α,β-unsaturated/α-hetero) is 1. The van der Waals surface area contributed by atoms with Crippen LogP contribution in [0, 0.1) is 13.8 Å². The first-order valence-corrected chi connectivity index (χ1v) is 10.8. The fraction of sp³-hybridized carbons (Fsp3) is 0.304. The van der Waals surface area contributed by atoms with Gasteiger partial charge in [0.15, 0.2) is 11.4 Å². The van der Waals surface area contributed by atoms with Crippen LogP contribution in [0.4, 0.5) is 5.82 Å². The number of rotatable bonds is 6. The number of nitrogens with two attached hydrogens (primary N) is 1. The minimum absolute atomic E-state index is 0.204. The molecule has 0 fully saturated rings. The van der Waals surface area contributed by atoms with E-state index >= 15 is 0 Å². The lowest BCUT2D eigenvalue weighted by Crippen LogP contribution is -2.43. The zero-order valence-electron chi connectivity index (χ0n) is 19.4. The van der Waals surface area contributed by atoms with Crippen molar-refractivity contribution in [2.45, 2.75) is 40.3 Å². The number of hydrogen-bond donors (Lipinski definition) is 1. The predicted octanol–water partition coefficient (Wildman–Crippen LogP) is 0.935. The molecule has 0 atom stereocenters. The Morgan fingerprint density at radius 2 is 1.74 bits per heavy atom. The topological polar surface area (TPSA) is 140 Å². The molecule has 0 aliphatic carbocycles. The van der Waals surface area contributed by atoms with Crippen molar-refractivity contribution in [3.8, 4) is 5.69 Å². The quantitative estimate of drug-likeness (QED) is 0.420. The number of anilines is 1. The first-order chi connectivity index (χ1) is 16.1. The molecular weight excluding hydrogens is 438 g/mol. The van der Waals surface area contributed by atoms with Crippen LogP contribution >= 0.6 is 0 Å². The van der Waals surface area contributed by atoms with Crippen molar-refractivity contribution in [3.05, 3.63) is 78.6 Å². The van der Waals surface area contributed by atoms with Crippen LogP contribution in [0.25, 0.3) is 16.7 Å². The van der Waals surface area contributed by atoms with Crippen molar-refractivity contribution in [3.63, 3.8) is 0 Å². The molecule has 0 saturated carbocycles. The van der Waals surface area contributed by atoms with Gasteiger partial charge in [0, 0.05) is 13.6 Å². The largest absolute Gasteiger partial charge is 0.384 e. The molecule has 4 aromatic rings. The third kappa shape index (κ3) is 3.74. The van der Waals surface area contributed by atoms with Gasteiger partial charge >= 0.3 is 5.69 Å². The third-order valence-corrected chi connectivity index (χ3v) is 5.63. The lowest BCUT2D eigenvalue weighted by Gasteiger charge is -2.14. The number of nitrogens with zero attached hydrogens (tertiary/aromatic N) is 6. The maximum Gasteiger partial charge on any atom is 0.332 e. The van der Waals surface area contributed by atoms with Gasteiger partial charge in [-0.15, -0.1) is 0 Å². The van der Waals surface area contributed by atoms with Crippen LogP contribution in [0.15, 0.2) is 45.1 Å². The van der Waals surface area contributed by atoms with Crippen molar-refractivity contribution in [1.29, 1.82) is 0 Å². The molecular formula is C23H25N7O4. The summed E-state index contributed by atoms with van der Waals surface area (Å²) in [7, 11) is 1.29. The molecule has 3 aromatic heterocycles. The number of carbonyl (C=O) groups excluding carboxylic acids is 1. The van der Waals surface area contributed by atoms with Gasteiger partial charge in [0.05, 0.1) is 18.4 Å². The molecule has 0 aliphatic heterocycles. The molecule has 0 radical (unpaired) electrons. The van der Waals surface area contributed by atoms with Crippen LogP contribution < -0.4 is 22.5 Å². The Hall–Kier alpha value is -4.28. The number of hydrogen-bond acceptors (Lipinski definition) is 7. The number of aromatic nitrogens is 6. The van der Waals surface area contributed by atoms with E-state index in [0.717, 1.165) is 25.9 Å². The molecule has 0 amide bonds. The maximum atomic E-state index is 13.1. The highest BCUT2D eigenvalue weighted by Gasteiger charge is 2.22. The number of benzene rings is 1. The van der Waals surface area contributed by atoms with E-state index in [1.807, 2.05) is 39.0 Å². The van der Waals surface area contributed by atoms with Gasteiger partial charge in [-0.05, 0) is 43.5 Å². The van der Waals surface area contributed by atoms with Crippen LogP contribution in [-0.2, 0) is 20.1 Å². The van der Waals surface area contributed by atoms with E-state index in [4.69, 9.17) is 5.73 Å². The van der Waals surface area contributed by atoms with Crippen LogP contribution in [0.5, 0.6) is 0 Å². The zero-order valence-corrected chi connectivity index (χ0v) is 19.4. The normalized spacial score (nSPS) is 11.3. The van der Waals surface area contributed by atoms with Crippen molar-refractivity contribution >= 4 is 22.6 Å². The summed E-state index contributed by atoms with van der Waals surface area (Å²) < 4.78 is 4.70. The van der Waals surface area contributed by atoms with Gasteiger partial charge in [0.1, 0.15) is 23.1 Å². The number of fused-ring (bicyclic) bond motifs is 1. The highest BCUT2D eigenvalue weighted by Crippen LogP contribution is 2.17. The van der Waals surface area contributed by atoms with E-state index < -0.39 is 29.1 Å². The second-order valence-corrected chi connectivity index (χ2v) is 8.30. The van der Waals surface area contributed by atoms with Gasteiger partial charge in [-0.25, -0.2) is 14.5 Å². The number of aryl methyl sites for hydroxylation is 2. The molecule has 3 heterocycles. The standard InChI is InChI=1S/C23H25N7O4/c1-5-6-29-19(24)18(22(33)27(4)23(29)34)17(31)11-28-12-25-20-16(21(28)32)10-26-30(20)15-8-13(2)7-14(3)9-15/h7-10,12H,5-6,11,24H2,1-4H3. The second-order valence-electron chi connectivity index (χ2n) is 8.30. The summed E-state index contributed by atoms with van der Waals surface area (Å²) in [5.74, 6) is -0.891. The summed E-state index contributed by atoms with van der Waals surface area (Å²) in [4.78, 5) is 55.5. The minimum atomic E-state index is -0.801. The van der Waals surface area contributed by atoms with Gasteiger partial charge in [0.25, 0.3) is 11.1 Å². The molecule has 11 nitrogen and oxygen atoms in total. The van der Waals surface area contributed by atoms with E-state index in [0.29, 0.717) is 12.1 Å². The fourth-order valence-electron chi connectivity index (χ4n) is 4.04.